The number of pyridine rings is 2. The second kappa shape index (κ2) is 7.01. The number of aryl methyl sites for hydroxylation is 1. The SMILES string of the molecule is COc1ccc(CNCc2c(CO)cnc(C)c2O)cn1. The van der Waals surface area contributed by atoms with Crippen LogP contribution >= 0.6 is 0 Å². The van der Waals surface area contributed by atoms with E-state index in [9.17, 15) is 10.2 Å². The molecule has 2 heterocycles. The Hall–Kier alpha value is -2.18. The Bertz CT molecular complexity index is 600. The van der Waals surface area contributed by atoms with Crippen LogP contribution in [-0.2, 0) is 19.7 Å². The first-order chi connectivity index (χ1) is 10.2. The van der Waals surface area contributed by atoms with E-state index in [2.05, 4.69) is 15.3 Å². The van der Waals surface area contributed by atoms with E-state index in [4.69, 9.17) is 4.74 Å². The summed E-state index contributed by atoms with van der Waals surface area (Å²) in [6.45, 7) is 2.62. The topological polar surface area (TPSA) is 87.5 Å². The van der Waals surface area contributed by atoms with Crippen molar-refractivity contribution in [1.82, 2.24) is 15.3 Å². The second-order valence-corrected chi connectivity index (χ2v) is 4.67. The summed E-state index contributed by atoms with van der Waals surface area (Å²) in [7, 11) is 1.57. The van der Waals surface area contributed by atoms with Crippen LogP contribution in [0.15, 0.2) is 24.5 Å². The fourth-order valence-corrected chi connectivity index (χ4v) is 1.99. The van der Waals surface area contributed by atoms with Crippen LogP contribution in [0.1, 0.15) is 22.4 Å². The maximum absolute atomic E-state index is 10.0. The van der Waals surface area contributed by atoms with E-state index < -0.39 is 0 Å². The summed E-state index contributed by atoms with van der Waals surface area (Å²) in [5, 5.41) is 22.6. The number of nitrogens with one attached hydrogen (secondary N) is 1. The minimum absolute atomic E-state index is 0.127. The average Bonchev–Trinajstić information content (AvgIpc) is 2.52. The molecule has 0 fully saturated rings. The van der Waals surface area contributed by atoms with Crippen LogP contribution in [0, 0.1) is 6.92 Å². The molecule has 21 heavy (non-hydrogen) atoms. The lowest BCUT2D eigenvalue weighted by atomic mass is 10.1. The van der Waals surface area contributed by atoms with Crippen molar-refractivity contribution in [2.24, 2.45) is 0 Å². The van der Waals surface area contributed by atoms with Crippen LogP contribution in [0.2, 0.25) is 0 Å². The lowest BCUT2D eigenvalue weighted by molar-refractivity contribution is 0.278. The number of methoxy groups -OCH3 is 1. The molecule has 2 rings (SSSR count). The highest BCUT2D eigenvalue weighted by Crippen LogP contribution is 2.23. The van der Waals surface area contributed by atoms with E-state index in [1.54, 1.807) is 32.5 Å². The van der Waals surface area contributed by atoms with Gasteiger partial charge in [-0.3, -0.25) is 4.98 Å². The molecule has 0 saturated carbocycles. The molecule has 2 aromatic heterocycles. The Labute approximate surface area is 123 Å². The van der Waals surface area contributed by atoms with E-state index in [1.165, 1.54) is 0 Å². The monoisotopic (exact) mass is 289 g/mol. The van der Waals surface area contributed by atoms with Gasteiger partial charge in [-0.05, 0) is 12.5 Å². The van der Waals surface area contributed by atoms with Gasteiger partial charge in [0, 0.05) is 42.7 Å². The predicted molar refractivity (Wildman–Crippen MR) is 77.9 cm³/mol. The first kappa shape index (κ1) is 15.2. The molecule has 6 heteroatoms. The Morgan fingerprint density at radius 1 is 1.19 bits per heavy atom. The fraction of sp³-hybridized carbons (Fsp3) is 0.333. The van der Waals surface area contributed by atoms with Gasteiger partial charge in [0.1, 0.15) is 5.75 Å². The highest BCUT2D eigenvalue weighted by Gasteiger charge is 2.10. The third-order valence-corrected chi connectivity index (χ3v) is 3.24. The van der Waals surface area contributed by atoms with Gasteiger partial charge in [-0.2, -0.15) is 0 Å². The van der Waals surface area contributed by atoms with Crippen LogP contribution in [0.4, 0.5) is 0 Å². The smallest absolute Gasteiger partial charge is 0.212 e. The normalized spacial score (nSPS) is 10.6. The van der Waals surface area contributed by atoms with E-state index >= 15 is 0 Å². The highest BCUT2D eigenvalue weighted by atomic mass is 16.5. The van der Waals surface area contributed by atoms with Crippen molar-refractivity contribution >= 4 is 0 Å². The Morgan fingerprint density at radius 3 is 2.62 bits per heavy atom. The summed E-state index contributed by atoms with van der Waals surface area (Å²) in [5.74, 6) is 0.700. The van der Waals surface area contributed by atoms with Crippen molar-refractivity contribution in [2.45, 2.75) is 26.6 Å². The maximum Gasteiger partial charge on any atom is 0.212 e. The van der Waals surface area contributed by atoms with Gasteiger partial charge in [-0.15, -0.1) is 0 Å². The summed E-state index contributed by atoms with van der Waals surface area (Å²) in [4.78, 5) is 8.16. The Kier molecular flexibility index (Phi) is 5.08. The van der Waals surface area contributed by atoms with Gasteiger partial charge in [-0.1, -0.05) is 6.07 Å². The fourth-order valence-electron chi connectivity index (χ4n) is 1.99. The van der Waals surface area contributed by atoms with Crippen LogP contribution in [-0.4, -0.2) is 27.3 Å². The molecule has 6 nitrogen and oxygen atoms in total. The minimum atomic E-state index is -0.151. The Balaban J connectivity index is 2.01. The number of aliphatic hydroxyl groups is 1. The second-order valence-electron chi connectivity index (χ2n) is 4.67. The van der Waals surface area contributed by atoms with Crippen molar-refractivity contribution in [3.05, 3.63) is 46.9 Å². The van der Waals surface area contributed by atoms with Gasteiger partial charge < -0.3 is 20.3 Å². The quantitative estimate of drug-likeness (QED) is 0.742. The molecular formula is C15H19N3O3. The first-order valence-electron chi connectivity index (χ1n) is 6.62. The molecule has 0 atom stereocenters. The van der Waals surface area contributed by atoms with Crippen molar-refractivity contribution in [3.63, 3.8) is 0 Å². The summed E-state index contributed by atoms with van der Waals surface area (Å²) < 4.78 is 5.00. The number of rotatable bonds is 6. The van der Waals surface area contributed by atoms with Crippen LogP contribution in [0.5, 0.6) is 11.6 Å². The van der Waals surface area contributed by atoms with Gasteiger partial charge in [0.05, 0.1) is 19.4 Å². The maximum atomic E-state index is 10.0. The number of ether oxygens (including phenoxy) is 1. The van der Waals surface area contributed by atoms with E-state index in [1.807, 2.05) is 6.07 Å². The molecular weight excluding hydrogens is 270 g/mol. The van der Waals surface area contributed by atoms with Gasteiger partial charge in [0.2, 0.25) is 5.88 Å². The molecule has 3 N–H and O–H groups in total. The molecule has 0 aromatic carbocycles. The number of hydrogen-bond acceptors (Lipinski definition) is 6. The number of aliphatic hydroxyl groups excluding tert-OH is 1. The summed E-state index contributed by atoms with van der Waals surface area (Å²) >= 11 is 0. The van der Waals surface area contributed by atoms with Crippen LogP contribution < -0.4 is 10.1 Å². The zero-order valence-corrected chi connectivity index (χ0v) is 12.1. The minimum Gasteiger partial charge on any atom is -0.506 e. The summed E-state index contributed by atoms with van der Waals surface area (Å²) in [6, 6.07) is 3.72. The van der Waals surface area contributed by atoms with Crippen LogP contribution in [0.25, 0.3) is 0 Å². The van der Waals surface area contributed by atoms with Crippen LogP contribution in [0.3, 0.4) is 0 Å². The molecule has 112 valence electrons. The van der Waals surface area contributed by atoms with Gasteiger partial charge in [0.25, 0.3) is 0 Å². The molecule has 0 aliphatic carbocycles. The van der Waals surface area contributed by atoms with Crippen molar-refractivity contribution in [1.29, 1.82) is 0 Å². The molecule has 0 saturated heterocycles. The number of aromatic nitrogens is 2. The van der Waals surface area contributed by atoms with E-state index in [0.717, 1.165) is 5.56 Å². The summed E-state index contributed by atoms with van der Waals surface area (Å²) in [6.07, 6.45) is 3.32. The molecule has 0 bridgehead atoms. The van der Waals surface area contributed by atoms with Gasteiger partial charge in [0.15, 0.2) is 0 Å². The first-order valence-corrected chi connectivity index (χ1v) is 6.62. The summed E-state index contributed by atoms with van der Waals surface area (Å²) in [5.41, 5.74) is 2.85. The number of hydrogen-bond donors (Lipinski definition) is 3. The molecule has 0 radical (unpaired) electrons. The van der Waals surface area contributed by atoms with Gasteiger partial charge in [-0.25, -0.2) is 4.98 Å². The zero-order chi connectivity index (χ0) is 15.2. The third-order valence-electron chi connectivity index (χ3n) is 3.24. The average molecular weight is 289 g/mol. The van der Waals surface area contributed by atoms with E-state index in [-0.39, 0.29) is 12.4 Å². The number of nitrogens with zero attached hydrogens (tertiary/aromatic N) is 2. The van der Waals surface area contributed by atoms with E-state index in [0.29, 0.717) is 35.8 Å². The number of aromatic hydroxyl groups is 1. The zero-order valence-electron chi connectivity index (χ0n) is 12.1. The Morgan fingerprint density at radius 2 is 2.00 bits per heavy atom. The predicted octanol–water partition coefficient (Wildman–Crippen LogP) is 1.28. The molecule has 2 aromatic rings. The largest absolute Gasteiger partial charge is 0.506 e. The lowest BCUT2D eigenvalue weighted by Gasteiger charge is -2.12. The van der Waals surface area contributed by atoms with Gasteiger partial charge >= 0.3 is 0 Å². The highest BCUT2D eigenvalue weighted by molar-refractivity contribution is 5.40. The molecule has 0 unspecified atom stereocenters. The van der Waals surface area contributed by atoms with Crippen molar-refractivity contribution in [3.8, 4) is 11.6 Å². The molecule has 0 aliphatic rings. The molecule has 0 amide bonds. The third kappa shape index (κ3) is 3.68. The van der Waals surface area contributed by atoms with Crippen molar-refractivity contribution in [2.75, 3.05) is 7.11 Å². The molecule has 0 spiro atoms. The standard InChI is InChI=1S/C15H19N3O3/c1-10-15(20)13(12(9-19)7-17-10)8-16-5-11-3-4-14(21-2)18-6-11/h3-4,6-7,16,19-20H,5,8-9H2,1-2H3. The van der Waals surface area contributed by atoms with Crippen molar-refractivity contribution < 1.29 is 14.9 Å². The molecule has 0 aliphatic heterocycles. The lowest BCUT2D eigenvalue weighted by Crippen LogP contribution is -2.15.